The summed E-state index contributed by atoms with van der Waals surface area (Å²) in [5.41, 5.74) is 24.1. The minimum absolute atomic E-state index is 0.00106. The number of nitrogens with one attached hydrogen (secondary N) is 2. The van der Waals surface area contributed by atoms with Crippen LogP contribution in [0.2, 0.25) is 0 Å². The van der Waals surface area contributed by atoms with Crippen LogP contribution >= 0.6 is 0 Å². The number of nitrogens with two attached hydrogens (primary N) is 4. The van der Waals surface area contributed by atoms with E-state index in [4.69, 9.17) is 17.2 Å². The highest BCUT2D eigenvalue weighted by atomic mass is 16.3. The van der Waals surface area contributed by atoms with Crippen LogP contribution in [0.3, 0.4) is 0 Å². The van der Waals surface area contributed by atoms with Crippen LogP contribution in [0.5, 0.6) is 0 Å². The summed E-state index contributed by atoms with van der Waals surface area (Å²) in [6.45, 7) is 9.14. The summed E-state index contributed by atoms with van der Waals surface area (Å²) in [6.07, 6.45) is 16.6. The largest absolute Gasteiger partial charge is 0.508 e. The highest BCUT2D eigenvalue weighted by Gasteiger charge is 2.31. The van der Waals surface area contributed by atoms with E-state index in [1.165, 1.54) is 7.05 Å². The second kappa shape index (κ2) is 25.5. The van der Waals surface area contributed by atoms with Gasteiger partial charge in [-0.05, 0) is 68.5 Å². The fourth-order valence-electron chi connectivity index (χ4n) is 4.73. The monoisotopic (exact) mass is 659 g/mol. The van der Waals surface area contributed by atoms with Crippen molar-refractivity contribution >= 4 is 17.7 Å². The van der Waals surface area contributed by atoms with Gasteiger partial charge in [0.1, 0.15) is 17.8 Å². The van der Waals surface area contributed by atoms with Gasteiger partial charge in [0.05, 0.1) is 12.1 Å². The predicted octanol–water partition coefficient (Wildman–Crippen LogP) is 2.12. The summed E-state index contributed by atoms with van der Waals surface area (Å²) in [7, 11) is 1.50. The molecule has 12 nitrogen and oxygen atoms in total. The fraction of sp³-hybridized carbons (Fsp3) is 0.571. The third-order valence-electron chi connectivity index (χ3n) is 7.36. The molecule has 0 aromatic heterocycles. The van der Waals surface area contributed by atoms with Gasteiger partial charge in [0.25, 0.3) is 0 Å². The maximum atomic E-state index is 13.9. The number of carbonyl (C=O) groups excluding carboxylic acids is 3. The van der Waals surface area contributed by atoms with E-state index in [9.17, 15) is 24.6 Å². The lowest BCUT2D eigenvalue weighted by atomic mass is 9.96. The number of aliphatic hydroxyl groups excluding tert-OH is 2. The minimum atomic E-state index is -1.05. The van der Waals surface area contributed by atoms with Crippen molar-refractivity contribution in [2.45, 2.75) is 96.9 Å². The first-order valence-electron chi connectivity index (χ1n) is 16.8. The second-order valence-corrected chi connectivity index (χ2v) is 10.8. The molecule has 12 heteroatoms. The zero-order chi connectivity index (χ0) is 35.8. The van der Waals surface area contributed by atoms with Gasteiger partial charge in [0.2, 0.25) is 17.7 Å². The van der Waals surface area contributed by atoms with E-state index in [-0.39, 0.29) is 31.1 Å². The van der Waals surface area contributed by atoms with Gasteiger partial charge in [-0.2, -0.15) is 0 Å². The van der Waals surface area contributed by atoms with Crippen LogP contribution in [0.15, 0.2) is 71.1 Å². The topological polar surface area (TPSA) is 223 Å². The van der Waals surface area contributed by atoms with Crippen molar-refractivity contribution in [2.75, 3.05) is 33.2 Å². The van der Waals surface area contributed by atoms with Crippen LogP contribution in [0.1, 0.15) is 72.6 Å². The molecule has 0 aromatic rings. The summed E-state index contributed by atoms with van der Waals surface area (Å²) in [4.78, 5) is 41.8. The molecule has 0 bridgehead atoms. The number of carbonyl (C=O) groups is 3. The molecule has 2 rings (SSSR count). The number of hydrogen-bond donors (Lipinski definition) is 8. The molecule has 12 N–H and O–H groups in total. The smallest absolute Gasteiger partial charge is 0.245 e. The molecule has 4 atom stereocenters. The summed E-state index contributed by atoms with van der Waals surface area (Å²) in [5, 5.41) is 26.5. The van der Waals surface area contributed by atoms with Gasteiger partial charge < -0.3 is 48.7 Å². The lowest BCUT2D eigenvalue weighted by molar-refractivity contribution is -0.137. The average Bonchev–Trinajstić information content (AvgIpc) is 3.42. The predicted molar refractivity (Wildman–Crippen MR) is 191 cm³/mol. The normalized spacial score (nSPS) is 17.3. The van der Waals surface area contributed by atoms with Gasteiger partial charge >= 0.3 is 0 Å². The Hall–Kier alpha value is -3.55. The van der Waals surface area contributed by atoms with Crippen LogP contribution in [-0.4, -0.2) is 90.3 Å². The quantitative estimate of drug-likeness (QED) is 0.114. The van der Waals surface area contributed by atoms with Gasteiger partial charge in [-0.3, -0.25) is 14.4 Å². The summed E-state index contributed by atoms with van der Waals surface area (Å²) >= 11 is 0. The molecule has 266 valence electrons. The van der Waals surface area contributed by atoms with Crippen LogP contribution in [-0.2, 0) is 14.4 Å². The number of nitrogens with zero attached hydrogens (tertiary/aromatic N) is 1. The van der Waals surface area contributed by atoms with Crippen LogP contribution in [0.25, 0.3) is 0 Å². The SMILES string of the molecule is CC.CCCCN(CCN)C(=O)C(CC1=C(O)C=CCC(C2=CC=CC(O)C=C2)=C1)NC(=O)[C@H](CCCN)NC(=O)C(N)CC.CN. The van der Waals surface area contributed by atoms with Crippen molar-refractivity contribution in [3.8, 4) is 0 Å². The standard InChI is InChI=1S/C32H50N6O5.C2H6.CH5N/c1-3-5-18-38(19-17-34)32(43)28(37-31(42)27(12-8-16-33)36-30(41)26(35)4-2)21-24-20-23(10-7-13-29(24)40)22-9-6-11-25(39)15-14-22;2*1-2/h6-7,9,11,13-15,20,25-28,39-40H,3-5,8,10,12,16-19,21,33-35H2,1-2H3,(H,36,41)(H,37,42);1-2H3;2H2,1H3/t25?,26?,27-,28?;;/m0../s1. The molecule has 2 aliphatic carbocycles. The Morgan fingerprint density at radius 1 is 0.979 bits per heavy atom. The molecule has 0 saturated carbocycles. The molecule has 3 unspecified atom stereocenters. The first-order valence-corrected chi connectivity index (χ1v) is 16.8. The Kier molecular flexibility index (Phi) is 23.6. The van der Waals surface area contributed by atoms with E-state index >= 15 is 0 Å². The number of unbranched alkanes of at least 4 members (excludes halogenated alkanes) is 1. The average molecular weight is 660 g/mol. The van der Waals surface area contributed by atoms with Gasteiger partial charge in [-0.15, -0.1) is 0 Å². The van der Waals surface area contributed by atoms with E-state index in [0.29, 0.717) is 44.5 Å². The molecular formula is C35H61N7O5. The number of aliphatic hydroxyl groups is 2. The first-order chi connectivity index (χ1) is 22.6. The van der Waals surface area contributed by atoms with Crippen LogP contribution in [0.4, 0.5) is 0 Å². The molecule has 0 spiro atoms. The molecule has 0 aromatic carbocycles. The zero-order valence-electron chi connectivity index (χ0n) is 29.1. The summed E-state index contributed by atoms with van der Waals surface area (Å²) in [5.74, 6) is -1.34. The Bertz CT molecular complexity index is 1140. The maximum absolute atomic E-state index is 13.9. The molecule has 0 radical (unpaired) electrons. The zero-order valence-corrected chi connectivity index (χ0v) is 29.1. The summed E-state index contributed by atoms with van der Waals surface area (Å²) in [6, 6.07) is -2.76. The van der Waals surface area contributed by atoms with Crippen LogP contribution < -0.4 is 33.6 Å². The first kappa shape index (κ1) is 43.5. The number of rotatable bonds is 17. The lowest BCUT2D eigenvalue weighted by Crippen LogP contribution is -2.56. The third-order valence-corrected chi connectivity index (χ3v) is 7.36. The Balaban J connectivity index is 0.00000508. The van der Waals surface area contributed by atoms with Gasteiger partial charge in [-0.1, -0.05) is 76.6 Å². The highest BCUT2D eigenvalue weighted by molar-refractivity contribution is 5.93. The highest BCUT2D eigenvalue weighted by Crippen LogP contribution is 2.27. The second-order valence-electron chi connectivity index (χ2n) is 10.8. The van der Waals surface area contributed by atoms with E-state index in [2.05, 4.69) is 16.4 Å². The third kappa shape index (κ3) is 15.7. The van der Waals surface area contributed by atoms with Gasteiger partial charge in [-0.25, -0.2) is 0 Å². The van der Waals surface area contributed by atoms with Crippen molar-refractivity contribution in [1.29, 1.82) is 0 Å². The van der Waals surface area contributed by atoms with E-state index < -0.39 is 36.0 Å². The molecule has 0 heterocycles. The molecule has 3 amide bonds. The van der Waals surface area contributed by atoms with Crippen molar-refractivity contribution in [3.63, 3.8) is 0 Å². The van der Waals surface area contributed by atoms with Crippen molar-refractivity contribution in [2.24, 2.45) is 22.9 Å². The molecular weight excluding hydrogens is 598 g/mol. The number of amides is 3. The maximum Gasteiger partial charge on any atom is 0.245 e. The summed E-state index contributed by atoms with van der Waals surface area (Å²) < 4.78 is 0. The van der Waals surface area contributed by atoms with Crippen molar-refractivity contribution in [3.05, 3.63) is 71.1 Å². The molecule has 0 aliphatic heterocycles. The Labute approximate surface area is 281 Å². The van der Waals surface area contributed by atoms with E-state index in [0.717, 1.165) is 24.0 Å². The van der Waals surface area contributed by atoms with Crippen molar-refractivity contribution < 1.29 is 24.6 Å². The van der Waals surface area contributed by atoms with Crippen LogP contribution in [0, 0.1) is 0 Å². The minimum Gasteiger partial charge on any atom is -0.508 e. The van der Waals surface area contributed by atoms with Crippen molar-refractivity contribution in [1.82, 2.24) is 15.5 Å². The lowest BCUT2D eigenvalue weighted by Gasteiger charge is -2.29. The fourth-order valence-corrected chi connectivity index (χ4v) is 4.73. The molecule has 47 heavy (non-hydrogen) atoms. The van der Waals surface area contributed by atoms with E-state index in [1.54, 1.807) is 36.1 Å². The Morgan fingerprint density at radius 3 is 2.28 bits per heavy atom. The molecule has 0 saturated heterocycles. The van der Waals surface area contributed by atoms with Gasteiger partial charge in [0.15, 0.2) is 0 Å². The molecule has 0 fully saturated rings. The van der Waals surface area contributed by atoms with E-state index in [1.807, 2.05) is 45.1 Å². The van der Waals surface area contributed by atoms with Gasteiger partial charge in [0, 0.05) is 26.1 Å². The number of hydrogen-bond acceptors (Lipinski definition) is 9. The number of allylic oxidation sites excluding steroid dienone is 8. The Morgan fingerprint density at radius 2 is 1.66 bits per heavy atom. The molecule has 2 aliphatic rings.